The summed E-state index contributed by atoms with van der Waals surface area (Å²) in [6, 6.07) is 13.7. The van der Waals surface area contributed by atoms with E-state index in [1.807, 2.05) is 48.7 Å². The molecule has 6 heteroatoms. The number of nitrogens with zero attached hydrogens (tertiary/aromatic N) is 2. The fraction of sp³-hybridized carbons (Fsp3) is 0.111. The molecule has 0 bridgehead atoms. The van der Waals surface area contributed by atoms with E-state index in [1.165, 1.54) is 0 Å². The third-order valence-electron chi connectivity index (χ3n) is 4.15. The minimum atomic E-state index is -0.904. The molecule has 120 valence electrons. The Labute approximate surface area is 141 Å². The van der Waals surface area contributed by atoms with Crippen LogP contribution in [-0.4, -0.2) is 26.6 Å². The fourth-order valence-corrected chi connectivity index (χ4v) is 4.30. The van der Waals surface area contributed by atoms with Crippen molar-refractivity contribution in [3.63, 3.8) is 0 Å². The average Bonchev–Trinajstić information content (AvgIpc) is 3.06. The average molecular weight is 337 g/mol. The molecule has 1 fully saturated rings. The van der Waals surface area contributed by atoms with Crippen LogP contribution in [0.4, 0.5) is 4.79 Å². The second-order valence-corrected chi connectivity index (χ2v) is 7.34. The van der Waals surface area contributed by atoms with Crippen molar-refractivity contribution >= 4 is 38.4 Å². The number of aromatic nitrogens is 2. The highest BCUT2D eigenvalue weighted by molar-refractivity contribution is 8.28. The second kappa shape index (κ2) is 5.72. The number of imide groups is 1. The van der Waals surface area contributed by atoms with Crippen LogP contribution in [0.25, 0.3) is 10.9 Å². The number of pyridine rings is 1. The van der Waals surface area contributed by atoms with Crippen LogP contribution in [0.2, 0.25) is 0 Å². The van der Waals surface area contributed by atoms with Gasteiger partial charge in [-0.15, -0.1) is 0 Å². The first kappa shape index (κ1) is 14.8. The summed E-state index contributed by atoms with van der Waals surface area (Å²) in [5.74, 6) is 3.64. The molecule has 2 amide bonds. The van der Waals surface area contributed by atoms with Crippen LogP contribution in [0.15, 0.2) is 54.9 Å². The minimum Gasteiger partial charge on any atom is -0.341 e. The summed E-state index contributed by atoms with van der Waals surface area (Å²) in [6.07, 6.45) is 3.71. The normalized spacial score (nSPS) is 20.5. The third kappa shape index (κ3) is 2.35. The Bertz CT molecular complexity index is 978. The Kier molecular flexibility index (Phi) is 3.54. The highest BCUT2D eigenvalue weighted by Gasteiger charge is 2.37. The van der Waals surface area contributed by atoms with Crippen LogP contribution < -0.4 is 5.32 Å². The number of fused-ring (bicyclic) bond motifs is 1. The largest absolute Gasteiger partial charge is 0.341 e. The predicted octanol–water partition coefficient (Wildman–Crippen LogP) is 3.08. The van der Waals surface area contributed by atoms with E-state index < -0.39 is 15.7 Å². The summed E-state index contributed by atoms with van der Waals surface area (Å²) in [4.78, 5) is 28.4. The first-order valence-electron chi connectivity index (χ1n) is 7.50. The number of amides is 2. The van der Waals surface area contributed by atoms with Crippen LogP contribution in [0.3, 0.4) is 0 Å². The van der Waals surface area contributed by atoms with E-state index in [0.29, 0.717) is 6.54 Å². The fourth-order valence-electron chi connectivity index (χ4n) is 3.04. The van der Waals surface area contributed by atoms with Crippen molar-refractivity contribution in [2.45, 2.75) is 11.8 Å². The molecule has 2 aromatic heterocycles. The van der Waals surface area contributed by atoms with Gasteiger partial charge in [-0.05, 0) is 18.2 Å². The Hall–Kier alpha value is -2.73. The third-order valence-corrected chi connectivity index (χ3v) is 5.76. The molecule has 2 atom stereocenters. The second-order valence-electron chi connectivity index (χ2n) is 5.64. The van der Waals surface area contributed by atoms with E-state index in [2.05, 4.69) is 20.7 Å². The number of hydrogen-bond donors (Lipinski definition) is 1. The smallest absolute Gasteiger partial charge is 0.280 e. The SMILES string of the molecule is C=S1C(=O)NC(=O)C1c1cn(Cc2ccccn2)c2ccccc12. The number of carbonyl (C=O) groups excluding carboxylic acids is 2. The molecule has 0 spiro atoms. The summed E-state index contributed by atoms with van der Waals surface area (Å²) < 4.78 is 2.07. The summed E-state index contributed by atoms with van der Waals surface area (Å²) in [6.45, 7) is 0.606. The lowest BCUT2D eigenvalue weighted by Gasteiger charge is -2.06. The molecule has 0 aliphatic carbocycles. The first-order valence-corrected chi connectivity index (χ1v) is 8.96. The topological polar surface area (TPSA) is 64.0 Å². The summed E-state index contributed by atoms with van der Waals surface area (Å²) in [7, 11) is -0.904. The molecular formula is C18H15N3O2S. The first-order chi connectivity index (χ1) is 11.6. The van der Waals surface area contributed by atoms with Gasteiger partial charge in [0.2, 0.25) is 5.91 Å². The van der Waals surface area contributed by atoms with Crippen molar-refractivity contribution in [1.82, 2.24) is 14.9 Å². The lowest BCUT2D eigenvalue weighted by atomic mass is 10.1. The van der Waals surface area contributed by atoms with Gasteiger partial charge in [0, 0.05) is 28.9 Å². The van der Waals surface area contributed by atoms with E-state index in [4.69, 9.17) is 0 Å². The number of hydrogen-bond acceptors (Lipinski definition) is 3. The van der Waals surface area contributed by atoms with E-state index in [1.54, 1.807) is 6.20 Å². The van der Waals surface area contributed by atoms with Gasteiger partial charge >= 0.3 is 0 Å². The van der Waals surface area contributed by atoms with Crippen molar-refractivity contribution in [1.29, 1.82) is 0 Å². The highest BCUT2D eigenvalue weighted by Crippen LogP contribution is 2.42. The minimum absolute atomic E-state index is 0.265. The molecule has 4 rings (SSSR count). The molecule has 3 aromatic rings. The standard InChI is InChI=1S/C18H15N3O2S/c1-24-16(17(22)20-18(24)23)14-11-21(10-12-6-4-5-9-19-12)15-8-3-2-7-13(14)15/h2-9,11,16H,1,10H2,(H,20,22,23). The monoisotopic (exact) mass is 337 g/mol. The molecule has 1 aromatic carbocycles. The zero-order valence-corrected chi connectivity index (χ0v) is 13.6. The Morgan fingerprint density at radius 3 is 2.67 bits per heavy atom. The summed E-state index contributed by atoms with van der Waals surface area (Å²) >= 11 is 0. The van der Waals surface area contributed by atoms with Gasteiger partial charge in [-0.2, -0.15) is 0 Å². The molecule has 1 aliphatic rings. The zero-order chi connectivity index (χ0) is 16.7. The Balaban J connectivity index is 1.84. The quantitative estimate of drug-likeness (QED) is 0.747. The molecule has 1 saturated heterocycles. The van der Waals surface area contributed by atoms with Gasteiger partial charge in [0.1, 0.15) is 5.25 Å². The van der Waals surface area contributed by atoms with E-state index >= 15 is 0 Å². The molecule has 5 nitrogen and oxygen atoms in total. The van der Waals surface area contributed by atoms with Gasteiger partial charge in [-0.1, -0.05) is 40.6 Å². The Morgan fingerprint density at radius 2 is 1.96 bits per heavy atom. The molecule has 0 saturated carbocycles. The maximum atomic E-state index is 12.2. The Morgan fingerprint density at radius 1 is 1.17 bits per heavy atom. The van der Waals surface area contributed by atoms with Gasteiger partial charge < -0.3 is 4.57 Å². The van der Waals surface area contributed by atoms with E-state index in [0.717, 1.165) is 22.2 Å². The van der Waals surface area contributed by atoms with Gasteiger partial charge in [0.25, 0.3) is 5.24 Å². The molecular weight excluding hydrogens is 322 g/mol. The van der Waals surface area contributed by atoms with Crippen LogP contribution in [0.1, 0.15) is 16.5 Å². The van der Waals surface area contributed by atoms with Gasteiger partial charge in [-0.25, -0.2) is 0 Å². The number of carbonyl (C=O) groups is 2. The lowest BCUT2D eigenvalue weighted by Crippen LogP contribution is -2.20. The highest BCUT2D eigenvalue weighted by atomic mass is 32.2. The van der Waals surface area contributed by atoms with Crippen molar-refractivity contribution < 1.29 is 9.59 Å². The van der Waals surface area contributed by atoms with Crippen LogP contribution in [-0.2, 0) is 11.3 Å². The van der Waals surface area contributed by atoms with Crippen molar-refractivity contribution in [2.75, 3.05) is 0 Å². The molecule has 2 unspecified atom stereocenters. The van der Waals surface area contributed by atoms with Crippen LogP contribution in [0, 0.1) is 0 Å². The zero-order valence-electron chi connectivity index (χ0n) is 12.8. The summed E-state index contributed by atoms with van der Waals surface area (Å²) in [5, 5.41) is 2.56. The maximum Gasteiger partial charge on any atom is 0.280 e. The van der Waals surface area contributed by atoms with Gasteiger partial charge in [0.05, 0.1) is 12.2 Å². The van der Waals surface area contributed by atoms with Gasteiger partial charge in [0.15, 0.2) is 0 Å². The molecule has 0 radical (unpaired) electrons. The van der Waals surface area contributed by atoms with Crippen molar-refractivity contribution in [2.24, 2.45) is 0 Å². The van der Waals surface area contributed by atoms with Crippen LogP contribution >= 0.6 is 10.5 Å². The number of nitrogens with one attached hydrogen (secondary N) is 1. The molecule has 1 N–H and O–H groups in total. The van der Waals surface area contributed by atoms with E-state index in [9.17, 15) is 9.59 Å². The molecule has 24 heavy (non-hydrogen) atoms. The number of benzene rings is 1. The number of para-hydroxylation sites is 1. The molecule has 1 aliphatic heterocycles. The lowest BCUT2D eigenvalue weighted by molar-refractivity contribution is -0.119. The summed E-state index contributed by atoms with van der Waals surface area (Å²) in [5.41, 5.74) is 2.80. The van der Waals surface area contributed by atoms with Crippen LogP contribution in [0.5, 0.6) is 0 Å². The molecule has 3 heterocycles. The van der Waals surface area contributed by atoms with E-state index in [-0.39, 0.29) is 11.1 Å². The maximum absolute atomic E-state index is 12.2. The van der Waals surface area contributed by atoms with Gasteiger partial charge in [-0.3, -0.25) is 19.9 Å². The van der Waals surface area contributed by atoms with Crippen molar-refractivity contribution in [3.8, 4) is 0 Å². The number of rotatable bonds is 3. The van der Waals surface area contributed by atoms with Crippen molar-refractivity contribution in [3.05, 3.63) is 66.1 Å². The predicted molar refractivity (Wildman–Crippen MR) is 96.3 cm³/mol.